The Kier molecular flexibility index (Phi) is 3.16. The van der Waals surface area contributed by atoms with E-state index in [9.17, 15) is 5.11 Å². The Morgan fingerprint density at radius 2 is 2.09 bits per heavy atom. The molecule has 1 N–H and O–H groups in total. The molecule has 0 aromatic heterocycles. The molecule has 1 fully saturated rings. The molecule has 2 aliphatic heterocycles. The quantitative estimate of drug-likeness (QED) is 0.718. The van der Waals surface area contributed by atoms with E-state index in [0.717, 1.165) is 19.3 Å². The lowest BCUT2D eigenvalue weighted by molar-refractivity contribution is 0.191. The molecule has 0 bridgehead atoms. The van der Waals surface area contributed by atoms with Crippen molar-refractivity contribution in [2.75, 3.05) is 6.54 Å². The van der Waals surface area contributed by atoms with Crippen LogP contribution in [0.1, 0.15) is 51.4 Å². The smallest absolute Gasteiger partial charge is 0.0765 e. The molecular weight excluding hydrogens is 282 g/mol. The van der Waals surface area contributed by atoms with Gasteiger partial charge in [-0.1, -0.05) is 18.2 Å². The first-order chi connectivity index (χ1) is 11.3. The Morgan fingerprint density at radius 1 is 1.13 bits per heavy atom. The van der Waals surface area contributed by atoms with E-state index in [1.807, 2.05) is 0 Å². The number of nitrogens with zero attached hydrogens (tertiary/aromatic N) is 1. The summed E-state index contributed by atoms with van der Waals surface area (Å²) in [6.45, 7) is 1.18. The van der Waals surface area contributed by atoms with Gasteiger partial charge in [0.15, 0.2) is 0 Å². The van der Waals surface area contributed by atoms with E-state index >= 15 is 0 Å². The maximum Gasteiger partial charge on any atom is 0.0765 e. The van der Waals surface area contributed by atoms with Crippen molar-refractivity contribution in [2.24, 2.45) is 5.92 Å². The number of aliphatic hydroxyl groups is 1. The summed E-state index contributed by atoms with van der Waals surface area (Å²) in [5, 5.41) is 10.6. The fourth-order valence-electron chi connectivity index (χ4n) is 5.18. The molecule has 5 aliphatic rings. The summed E-state index contributed by atoms with van der Waals surface area (Å²) in [7, 11) is 0. The van der Waals surface area contributed by atoms with Gasteiger partial charge in [0.1, 0.15) is 0 Å². The molecule has 23 heavy (non-hydrogen) atoms. The van der Waals surface area contributed by atoms with Crippen LogP contribution in [0.4, 0.5) is 0 Å². The van der Waals surface area contributed by atoms with Gasteiger partial charge in [-0.15, -0.1) is 0 Å². The maximum absolute atomic E-state index is 10.6. The average molecular weight is 307 g/mol. The molecule has 120 valence electrons. The van der Waals surface area contributed by atoms with Crippen molar-refractivity contribution in [1.82, 2.24) is 4.90 Å². The van der Waals surface area contributed by atoms with Crippen LogP contribution in [-0.2, 0) is 0 Å². The summed E-state index contributed by atoms with van der Waals surface area (Å²) in [5.41, 5.74) is 8.88. The highest BCUT2D eigenvalue weighted by Crippen LogP contribution is 2.50. The van der Waals surface area contributed by atoms with Crippen molar-refractivity contribution < 1.29 is 5.11 Å². The van der Waals surface area contributed by atoms with Gasteiger partial charge in [0, 0.05) is 24.4 Å². The van der Waals surface area contributed by atoms with Crippen LogP contribution in [0.2, 0.25) is 0 Å². The minimum atomic E-state index is -0.242. The van der Waals surface area contributed by atoms with Crippen LogP contribution in [0.3, 0.4) is 0 Å². The number of fused-ring (bicyclic) bond motifs is 3. The predicted molar refractivity (Wildman–Crippen MR) is 92.5 cm³/mol. The number of hydrogen-bond donors (Lipinski definition) is 1. The van der Waals surface area contributed by atoms with E-state index in [1.165, 1.54) is 60.9 Å². The first-order valence-corrected chi connectivity index (χ1v) is 9.32. The molecule has 2 heteroatoms. The largest absolute Gasteiger partial charge is 0.389 e. The monoisotopic (exact) mass is 307 g/mol. The zero-order chi connectivity index (χ0) is 15.4. The average Bonchev–Trinajstić information content (AvgIpc) is 2.76. The summed E-state index contributed by atoms with van der Waals surface area (Å²) in [5.74, 6) is 0.538. The molecule has 1 saturated heterocycles. The van der Waals surface area contributed by atoms with Crippen LogP contribution in [0.15, 0.2) is 58.0 Å². The Bertz CT molecular complexity index is 703. The van der Waals surface area contributed by atoms with Crippen LogP contribution in [0.5, 0.6) is 0 Å². The molecule has 0 radical (unpaired) electrons. The standard InChI is InChI=1S/C21H25NO/c23-20-11-10-16-19-7-3-4-12-22(19)13-18-15-6-2-1-5-14(15)8-9-17(20)21(16)18/h1,5,8,13,15,20,23H,2-4,6-7,9-12H2. The Labute approximate surface area is 138 Å². The van der Waals surface area contributed by atoms with Gasteiger partial charge in [-0.25, -0.2) is 0 Å². The van der Waals surface area contributed by atoms with E-state index in [0.29, 0.717) is 5.92 Å². The summed E-state index contributed by atoms with van der Waals surface area (Å²) in [6.07, 6.45) is 18.4. The van der Waals surface area contributed by atoms with Crippen LogP contribution < -0.4 is 0 Å². The SMILES string of the molecule is OC1CCC2=C3CCCCN3C=C3C2=C1CC=C1C=CCCC13. The third-order valence-corrected chi connectivity index (χ3v) is 6.30. The van der Waals surface area contributed by atoms with Crippen LogP contribution in [0.25, 0.3) is 0 Å². The van der Waals surface area contributed by atoms with Crippen molar-refractivity contribution in [2.45, 2.75) is 57.5 Å². The number of hydrogen-bond acceptors (Lipinski definition) is 2. The number of rotatable bonds is 0. The fourth-order valence-corrected chi connectivity index (χ4v) is 5.18. The summed E-state index contributed by atoms with van der Waals surface area (Å²) in [4.78, 5) is 2.55. The number of piperidine rings is 1. The second-order valence-electron chi connectivity index (χ2n) is 7.56. The summed E-state index contributed by atoms with van der Waals surface area (Å²) >= 11 is 0. The van der Waals surface area contributed by atoms with Gasteiger partial charge >= 0.3 is 0 Å². The van der Waals surface area contributed by atoms with Crippen molar-refractivity contribution in [3.05, 3.63) is 58.0 Å². The third-order valence-electron chi connectivity index (χ3n) is 6.30. The molecule has 3 aliphatic carbocycles. The van der Waals surface area contributed by atoms with Gasteiger partial charge in [-0.05, 0) is 79.2 Å². The second kappa shape index (κ2) is 5.24. The zero-order valence-electron chi connectivity index (χ0n) is 13.7. The van der Waals surface area contributed by atoms with Crippen molar-refractivity contribution >= 4 is 0 Å². The highest BCUT2D eigenvalue weighted by molar-refractivity contribution is 5.61. The van der Waals surface area contributed by atoms with E-state index < -0.39 is 0 Å². The normalized spacial score (nSPS) is 32.7. The van der Waals surface area contributed by atoms with Crippen LogP contribution >= 0.6 is 0 Å². The molecular formula is C21H25NO. The van der Waals surface area contributed by atoms with Gasteiger partial charge in [-0.3, -0.25) is 0 Å². The lowest BCUT2D eigenvalue weighted by atomic mass is 9.73. The Hall–Kier alpha value is -1.54. The van der Waals surface area contributed by atoms with Crippen molar-refractivity contribution in [1.29, 1.82) is 0 Å². The van der Waals surface area contributed by atoms with Crippen LogP contribution in [0, 0.1) is 5.92 Å². The summed E-state index contributed by atoms with van der Waals surface area (Å²) in [6, 6.07) is 0. The fraction of sp³-hybridized carbons (Fsp3) is 0.524. The number of allylic oxidation sites excluding steroid dienone is 8. The molecule has 0 aromatic carbocycles. The molecule has 0 aromatic rings. The molecule has 0 spiro atoms. The second-order valence-corrected chi connectivity index (χ2v) is 7.56. The van der Waals surface area contributed by atoms with Gasteiger partial charge in [-0.2, -0.15) is 0 Å². The molecule has 0 saturated carbocycles. The van der Waals surface area contributed by atoms with Crippen molar-refractivity contribution in [3.63, 3.8) is 0 Å². The lowest BCUT2D eigenvalue weighted by Crippen LogP contribution is -2.33. The highest BCUT2D eigenvalue weighted by atomic mass is 16.3. The van der Waals surface area contributed by atoms with E-state index in [-0.39, 0.29) is 6.10 Å². The minimum Gasteiger partial charge on any atom is -0.389 e. The number of aliphatic hydroxyl groups excluding tert-OH is 1. The van der Waals surface area contributed by atoms with Crippen LogP contribution in [-0.4, -0.2) is 22.7 Å². The first kappa shape index (κ1) is 13.9. The molecule has 2 heterocycles. The Balaban J connectivity index is 1.72. The molecule has 2 unspecified atom stereocenters. The van der Waals surface area contributed by atoms with E-state index in [4.69, 9.17) is 0 Å². The van der Waals surface area contributed by atoms with Gasteiger partial charge in [0.05, 0.1) is 6.10 Å². The molecule has 0 amide bonds. The van der Waals surface area contributed by atoms with Gasteiger partial charge in [0.2, 0.25) is 0 Å². The highest BCUT2D eigenvalue weighted by Gasteiger charge is 2.38. The topological polar surface area (TPSA) is 23.5 Å². The minimum absolute atomic E-state index is 0.242. The van der Waals surface area contributed by atoms with E-state index in [2.05, 4.69) is 29.3 Å². The Morgan fingerprint density at radius 3 is 3.04 bits per heavy atom. The zero-order valence-corrected chi connectivity index (χ0v) is 13.7. The molecule has 2 atom stereocenters. The first-order valence-electron chi connectivity index (χ1n) is 9.32. The van der Waals surface area contributed by atoms with Gasteiger partial charge in [0.25, 0.3) is 0 Å². The third kappa shape index (κ3) is 2.04. The molecule has 5 rings (SSSR count). The van der Waals surface area contributed by atoms with Gasteiger partial charge < -0.3 is 10.0 Å². The predicted octanol–water partition coefficient (Wildman–Crippen LogP) is 4.37. The molecule has 2 nitrogen and oxygen atoms in total. The maximum atomic E-state index is 10.6. The van der Waals surface area contributed by atoms with E-state index in [1.54, 1.807) is 11.3 Å². The lowest BCUT2D eigenvalue weighted by Gasteiger charge is -2.41. The summed E-state index contributed by atoms with van der Waals surface area (Å²) < 4.78 is 0. The van der Waals surface area contributed by atoms with Crippen molar-refractivity contribution in [3.8, 4) is 0 Å².